The summed E-state index contributed by atoms with van der Waals surface area (Å²) in [6.45, 7) is 1.99. The Balaban J connectivity index is 1.60. The van der Waals surface area contributed by atoms with E-state index >= 15 is 0 Å². The SMILES string of the molecule is Cc1ccc(OCC(=O)NNC(=O)CCOc2cccc(Br)c2)cc1. The Morgan fingerprint density at radius 2 is 1.68 bits per heavy atom. The Labute approximate surface area is 154 Å². The van der Waals surface area contributed by atoms with Gasteiger partial charge < -0.3 is 9.47 Å². The van der Waals surface area contributed by atoms with Crippen molar-refractivity contribution in [2.75, 3.05) is 13.2 Å². The molecule has 0 aromatic heterocycles. The molecule has 0 aliphatic carbocycles. The second kappa shape index (κ2) is 9.68. The summed E-state index contributed by atoms with van der Waals surface area (Å²) in [5, 5.41) is 0. The average Bonchev–Trinajstić information content (AvgIpc) is 2.59. The summed E-state index contributed by atoms with van der Waals surface area (Å²) in [6, 6.07) is 14.7. The lowest BCUT2D eigenvalue weighted by Crippen LogP contribution is -2.44. The molecule has 2 rings (SSSR count). The smallest absolute Gasteiger partial charge is 0.276 e. The molecule has 132 valence electrons. The zero-order valence-electron chi connectivity index (χ0n) is 13.8. The largest absolute Gasteiger partial charge is 0.493 e. The van der Waals surface area contributed by atoms with Crippen molar-refractivity contribution in [3.8, 4) is 11.5 Å². The third-order valence-corrected chi connectivity index (χ3v) is 3.62. The van der Waals surface area contributed by atoms with E-state index in [9.17, 15) is 9.59 Å². The number of benzene rings is 2. The second-order valence-electron chi connectivity index (χ2n) is 5.25. The molecular formula is C18H19BrN2O4. The monoisotopic (exact) mass is 406 g/mol. The van der Waals surface area contributed by atoms with Crippen LogP contribution in [0.5, 0.6) is 11.5 Å². The van der Waals surface area contributed by atoms with Crippen molar-refractivity contribution >= 4 is 27.7 Å². The highest BCUT2D eigenvalue weighted by atomic mass is 79.9. The summed E-state index contributed by atoms with van der Waals surface area (Å²) in [6.07, 6.45) is 0.117. The van der Waals surface area contributed by atoms with E-state index in [0.717, 1.165) is 10.0 Å². The highest BCUT2D eigenvalue weighted by molar-refractivity contribution is 9.10. The lowest BCUT2D eigenvalue weighted by molar-refractivity contribution is -0.130. The Kier molecular flexibility index (Phi) is 7.28. The van der Waals surface area contributed by atoms with Crippen molar-refractivity contribution in [1.29, 1.82) is 0 Å². The molecule has 2 aromatic rings. The van der Waals surface area contributed by atoms with Gasteiger partial charge in [-0.1, -0.05) is 39.7 Å². The number of aryl methyl sites for hydroxylation is 1. The molecule has 2 aromatic carbocycles. The zero-order chi connectivity index (χ0) is 18.1. The van der Waals surface area contributed by atoms with Crippen LogP contribution >= 0.6 is 15.9 Å². The molecule has 0 spiro atoms. The summed E-state index contributed by atoms with van der Waals surface area (Å²) >= 11 is 3.34. The van der Waals surface area contributed by atoms with Gasteiger partial charge in [-0.25, -0.2) is 0 Å². The zero-order valence-corrected chi connectivity index (χ0v) is 15.3. The van der Waals surface area contributed by atoms with Crippen LogP contribution in [0.25, 0.3) is 0 Å². The van der Waals surface area contributed by atoms with Gasteiger partial charge in [0.25, 0.3) is 5.91 Å². The van der Waals surface area contributed by atoms with Gasteiger partial charge in [0.2, 0.25) is 5.91 Å². The van der Waals surface area contributed by atoms with Gasteiger partial charge >= 0.3 is 0 Å². The molecule has 0 heterocycles. The van der Waals surface area contributed by atoms with Gasteiger partial charge in [0.15, 0.2) is 6.61 Å². The van der Waals surface area contributed by atoms with Gasteiger partial charge in [-0.05, 0) is 37.3 Å². The van der Waals surface area contributed by atoms with Crippen molar-refractivity contribution in [3.05, 3.63) is 58.6 Å². The highest BCUT2D eigenvalue weighted by Gasteiger charge is 2.06. The van der Waals surface area contributed by atoms with Gasteiger partial charge in [-0.2, -0.15) is 0 Å². The number of rotatable bonds is 7. The average molecular weight is 407 g/mol. The summed E-state index contributed by atoms with van der Waals surface area (Å²) in [4.78, 5) is 23.3. The molecule has 0 unspecified atom stereocenters. The summed E-state index contributed by atoms with van der Waals surface area (Å²) in [5.41, 5.74) is 5.72. The molecule has 0 bridgehead atoms. The van der Waals surface area contributed by atoms with Gasteiger partial charge in [0.05, 0.1) is 13.0 Å². The van der Waals surface area contributed by atoms with Crippen LogP contribution in [-0.2, 0) is 9.59 Å². The molecule has 2 amide bonds. The van der Waals surface area contributed by atoms with E-state index in [1.165, 1.54) is 0 Å². The van der Waals surface area contributed by atoms with E-state index in [1.807, 2.05) is 37.3 Å². The third kappa shape index (κ3) is 7.26. The van der Waals surface area contributed by atoms with E-state index in [1.54, 1.807) is 18.2 Å². The van der Waals surface area contributed by atoms with Crippen LogP contribution in [0.1, 0.15) is 12.0 Å². The lowest BCUT2D eigenvalue weighted by Gasteiger charge is -2.10. The van der Waals surface area contributed by atoms with Crippen LogP contribution in [-0.4, -0.2) is 25.0 Å². The maximum atomic E-state index is 11.7. The molecule has 0 saturated carbocycles. The number of nitrogens with one attached hydrogen (secondary N) is 2. The molecule has 0 aliphatic heterocycles. The Morgan fingerprint density at radius 1 is 0.960 bits per heavy atom. The van der Waals surface area contributed by atoms with Crippen molar-refractivity contribution in [1.82, 2.24) is 10.9 Å². The van der Waals surface area contributed by atoms with E-state index < -0.39 is 5.91 Å². The van der Waals surface area contributed by atoms with Gasteiger partial charge in [-0.15, -0.1) is 0 Å². The van der Waals surface area contributed by atoms with Crippen LogP contribution in [0, 0.1) is 6.92 Å². The second-order valence-corrected chi connectivity index (χ2v) is 6.17. The van der Waals surface area contributed by atoms with E-state index in [-0.39, 0.29) is 25.5 Å². The number of halogens is 1. The van der Waals surface area contributed by atoms with Crippen molar-refractivity contribution in [2.24, 2.45) is 0 Å². The summed E-state index contributed by atoms with van der Waals surface area (Å²) in [7, 11) is 0. The predicted octanol–water partition coefficient (Wildman–Crippen LogP) is 2.75. The maximum absolute atomic E-state index is 11.7. The number of hydrogen-bond acceptors (Lipinski definition) is 4. The number of ether oxygens (including phenoxy) is 2. The molecule has 0 saturated heterocycles. The quantitative estimate of drug-likeness (QED) is 0.693. The van der Waals surface area contributed by atoms with Gasteiger partial charge in [0.1, 0.15) is 11.5 Å². The first-order valence-corrected chi connectivity index (χ1v) is 8.48. The predicted molar refractivity (Wildman–Crippen MR) is 97.2 cm³/mol. The number of hydrazine groups is 1. The molecule has 25 heavy (non-hydrogen) atoms. The molecule has 7 heteroatoms. The molecular weight excluding hydrogens is 388 g/mol. The van der Waals surface area contributed by atoms with Crippen LogP contribution in [0.15, 0.2) is 53.0 Å². The first-order chi connectivity index (χ1) is 12.0. The van der Waals surface area contributed by atoms with E-state index in [4.69, 9.17) is 9.47 Å². The fourth-order valence-corrected chi connectivity index (χ4v) is 2.22. The standard InChI is InChI=1S/C18H19BrN2O4/c1-13-5-7-15(8-6-13)25-12-18(23)21-20-17(22)9-10-24-16-4-2-3-14(19)11-16/h2-8,11H,9-10,12H2,1H3,(H,20,22)(H,21,23). The summed E-state index contributed by atoms with van der Waals surface area (Å²) in [5.74, 6) is 0.465. The molecule has 0 atom stereocenters. The Hall–Kier alpha value is -2.54. The first kappa shape index (κ1) is 18.8. The molecule has 6 nitrogen and oxygen atoms in total. The minimum atomic E-state index is -0.443. The fourth-order valence-electron chi connectivity index (χ4n) is 1.84. The minimum absolute atomic E-state index is 0.117. The number of amides is 2. The number of hydrogen-bond donors (Lipinski definition) is 2. The Bertz CT molecular complexity index is 719. The van der Waals surface area contributed by atoms with Crippen LogP contribution in [0.3, 0.4) is 0 Å². The number of carbonyl (C=O) groups is 2. The van der Waals surface area contributed by atoms with Gasteiger partial charge in [0, 0.05) is 4.47 Å². The van der Waals surface area contributed by atoms with Crippen molar-refractivity contribution in [2.45, 2.75) is 13.3 Å². The normalized spacial score (nSPS) is 10.0. The fraction of sp³-hybridized carbons (Fsp3) is 0.222. The highest BCUT2D eigenvalue weighted by Crippen LogP contribution is 2.17. The third-order valence-electron chi connectivity index (χ3n) is 3.13. The van der Waals surface area contributed by atoms with Crippen molar-refractivity contribution in [3.63, 3.8) is 0 Å². The van der Waals surface area contributed by atoms with E-state index in [0.29, 0.717) is 11.5 Å². The Morgan fingerprint density at radius 3 is 2.40 bits per heavy atom. The van der Waals surface area contributed by atoms with Gasteiger partial charge in [-0.3, -0.25) is 20.4 Å². The lowest BCUT2D eigenvalue weighted by atomic mass is 10.2. The molecule has 0 aliphatic rings. The van der Waals surface area contributed by atoms with Crippen LogP contribution in [0.4, 0.5) is 0 Å². The number of carbonyl (C=O) groups excluding carboxylic acids is 2. The van der Waals surface area contributed by atoms with Crippen LogP contribution in [0.2, 0.25) is 0 Å². The minimum Gasteiger partial charge on any atom is -0.493 e. The topological polar surface area (TPSA) is 76.7 Å². The maximum Gasteiger partial charge on any atom is 0.276 e. The first-order valence-electron chi connectivity index (χ1n) is 7.68. The van der Waals surface area contributed by atoms with E-state index in [2.05, 4.69) is 26.8 Å². The van der Waals surface area contributed by atoms with Crippen molar-refractivity contribution < 1.29 is 19.1 Å². The molecule has 0 radical (unpaired) electrons. The molecule has 2 N–H and O–H groups in total. The van der Waals surface area contributed by atoms with Crippen LogP contribution < -0.4 is 20.3 Å². The molecule has 0 fully saturated rings. The summed E-state index contributed by atoms with van der Waals surface area (Å²) < 4.78 is 11.7.